The number of benzene rings is 2. The molecule has 0 atom stereocenters. The first-order valence-corrected chi connectivity index (χ1v) is 23.9. The number of nitrogens with zero attached hydrogens (tertiary/aromatic N) is 7. The SMILES string of the molecule is CC(C)(C)OC(=O)N1CCN(c2ncc(C(=O)O)cc2Br)CC1.CCN(Cc1ccc(F)c(F)c1)C(=O)c1cnc(N2CCN(C(=O)OC(C)(C)C)CC2)c(Br)c1.CCNCc1ccc(F)c(F)c1. The predicted molar refractivity (Wildman–Crippen MR) is 261 cm³/mol. The van der Waals surface area contributed by atoms with Crippen molar-refractivity contribution >= 4 is 67.6 Å². The maximum atomic E-state index is 13.5. The van der Waals surface area contributed by atoms with Gasteiger partial charge in [0, 0.05) is 84.4 Å². The number of carboxylic acid groups (broad SMARTS) is 1. The zero-order chi connectivity index (χ0) is 51.2. The number of hydrogen-bond donors (Lipinski definition) is 2. The Morgan fingerprint density at radius 3 is 1.46 bits per heavy atom. The molecule has 0 radical (unpaired) electrons. The first kappa shape index (κ1) is 56.1. The molecule has 21 heteroatoms. The molecule has 376 valence electrons. The molecule has 3 amide bonds. The highest BCUT2D eigenvalue weighted by Crippen LogP contribution is 2.28. The van der Waals surface area contributed by atoms with Crippen LogP contribution in [0.2, 0.25) is 0 Å². The van der Waals surface area contributed by atoms with Crippen molar-refractivity contribution in [2.45, 2.75) is 79.7 Å². The van der Waals surface area contributed by atoms with E-state index in [2.05, 4.69) is 47.1 Å². The van der Waals surface area contributed by atoms with E-state index in [1.54, 1.807) is 21.9 Å². The number of amides is 3. The third-order valence-electron chi connectivity index (χ3n) is 10.2. The van der Waals surface area contributed by atoms with Gasteiger partial charge < -0.3 is 44.4 Å². The summed E-state index contributed by atoms with van der Waals surface area (Å²) in [7, 11) is 0. The maximum absolute atomic E-state index is 13.5. The van der Waals surface area contributed by atoms with Crippen LogP contribution in [0, 0.1) is 23.3 Å². The molecule has 0 unspecified atom stereocenters. The molecule has 2 N–H and O–H groups in total. The molecule has 0 bridgehead atoms. The molecular weight excluding hydrogens is 1040 g/mol. The summed E-state index contributed by atoms with van der Waals surface area (Å²) in [6.07, 6.45) is 2.20. The number of carboxylic acids is 1. The van der Waals surface area contributed by atoms with E-state index in [0.29, 0.717) is 97.2 Å². The first-order valence-electron chi connectivity index (χ1n) is 22.3. The lowest BCUT2D eigenvalue weighted by Crippen LogP contribution is -2.50. The standard InChI is InChI=1S/C24H29BrF2N4O3.C15H20BrN3O4.C9H11F2N/c1-5-29(15-16-6-7-19(26)20(27)12-16)22(32)17-13-18(25)21(28-14-17)30-8-10-31(11-9-30)23(33)34-24(2,3)4;1-15(2,3)23-14(22)19-6-4-18(5-7-19)12-11(16)8-10(9-17-12)13(20)21;1-2-12-6-7-3-4-8(10)9(11)5-7/h6-7,12-14H,5,8-11,15H2,1-4H3;8-9H,4-7H2,1-3H3,(H,20,21);3-5,12H,2,6H2,1H3. The Kier molecular flexibility index (Phi) is 20.6. The van der Waals surface area contributed by atoms with Gasteiger partial charge >= 0.3 is 18.2 Å². The van der Waals surface area contributed by atoms with Crippen LogP contribution in [0.1, 0.15) is 87.2 Å². The zero-order valence-electron chi connectivity index (χ0n) is 40.1. The summed E-state index contributed by atoms with van der Waals surface area (Å²) < 4.78 is 63.9. The molecule has 6 rings (SSSR count). The van der Waals surface area contributed by atoms with Gasteiger partial charge in [-0.15, -0.1) is 0 Å². The van der Waals surface area contributed by atoms with Crippen LogP contribution < -0.4 is 15.1 Å². The fourth-order valence-electron chi connectivity index (χ4n) is 6.70. The number of hydrogen-bond acceptors (Lipinski definition) is 11. The number of nitrogens with one attached hydrogen (secondary N) is 1. The summed E-state index contributed by atoms with van der Waals surface area (Å²) in [5.74, 6) is -3.36. The molecule has 2 saturated heterocycles. The Bertz CT molecular complexity index is 2410. The second-order valence-corrected chi connectivity index (χ2v) is 19.6. The number of anilines is 2. The van der Waals surface area contributed by atoms with Crippen molar-refractivity contribution in [3.63, 3.8) is 0 Å². The summed E-state index contributed by atoms with van der Waals surface area (Å²) in [6.45, 7) is 21.2. The van der Waals surface area contributed by atoms with Crippen LogP contribution in [-0.2, 0) is 22.6 Å². The van der Waals surface area contributed by atoms with Crippen LogP contribution in [0.25, 0.3) is 0 Å². The van der Waals surface area contributed by atoms with Gasteiger partial charge in [-0.3, -0.25) is 4.79 Å². The van der Waals surface area contributed by atoms with Crippen molar-refractivity contribution in [2.24, 2.45) is 0 Å². The van der Waals surface area contributed by atoms with Crippen LogP contribution in [0.5, 0.6) is 0 Å². The molecule has 2 fully saturated rings. The summed E-state index contributed by atoms with van der Waals surface area (Å²) in [5, 5.41) is 12.0. The normalized spacial score (nSPS) is 13.9. The van der Waals surface area contributed by atoms with Gasteiger partial charge in [-0.25, -0.2) is 41.9 Å². The number of halogens is 6. The number of carbonyl (C=O) groups excluding carboxylic acids is 3. The number of aromatic carboxylic acids is 1. The van der Waals surface area contributed by atoms with Crippen LogP contribution in [0.15, 0.2) is 69.9 Å². The summed E-state index contributed by atoms with van der Waals surface area (Å²) in [5.41, 5.74) is 0.723. The van der Waals surface area contributed by atoms with Gasteiger partial charge in [0.15, 0.2) is 23.3 Å². The molecule has 69 heavy (non-hydrogen) atoms. The van der Waals surface area contributed by atoms with Crippen molar-refractivity contribution in [1.82, 2.24) is 30.0 Å². The summed E-state index contributed by atoms with van der Waals surface area (Å²) >= 11 is 6.88. The van der Waals surface area contributed by atoms with Crippen molar-refractivity contribution < 1.29 is 51.3 Å². The molecule has 4 heterocycles. The van der Waals surface area contributed by atoms with E-state index < -0.39 is 40.4 Å². The predicted octanol–water partition coefficient (Wildman–Crippen LogP) is 9.52. The van der Waals surface area contributed by atoms with E-state index in [1.807, 2.05) is 65.2 Å². The molecule has 2 aliphatic heterocycles. The fourth-order valence-corrected chi connectivity index (χ4v) is 7.90. The van der Waals surface area contributed by atoms with Gasteiger partial charge in [0.25, 0.3) is 5.91 Å². The minimum atomic E-state index is -1.01. The van der Waals surface area contributed by atoms with Crippen molar-refractivity contribution in [3.05, 3.63) is 115 Å². The van der Waals surface area contributed by atoms with Crippen LogP contribution in [0.3, 0.4) is 0 Å². The lowest BCUT2D eigenvalue weighted by molar-refractivity contribution is 0.0230. The van der Waals surface area contributed by atoms with E-state index in [4.69, 9.17) is 14.6 Å². The fraction of sp³-hybridized carbons (Fsp3) is 0.458. The van der Waals surface area contributed by atoms with E-state index in [9.17, 15) is 36.7 Å². The molecule has 15 nitrogen and oxygen atoms in total. The molecular formula is C48H60Br2F4N8O7. The molecule has 2 aromatic heterocycles. The van der Waals surface area contributed by atoms with E-state index in [-0.39, 0.29) is 30.2 Å². The highest BCUT2D eigenvalue weighted by Gasteiger charge is 2.29. The lowest BCUT2D eigenvalue weighted by Gasteiger charge is -2.36. The van der Waals surface area contributed by atoms with Crippen LogP contribution >= 0.6 is 31.9 Å². The second-order valence-electron chi connectivity index (χ2n) is 17.9. The summed E-state index contributed by atoms with van der Waals surface area (Å²) in [4.78, 5) is 65.9. The largest absolute Gasteiger partial charge is 0.478 e. The van der Waals surface area contributed by atoms with Crippen molar-refractivity contribution in [1.29, 1.82) is 0 Å². The monoisotopic (exact) mass is 1090 g/mol. The summed E-state index contributed by atoms with van der Waals surface area (Å²) in [6, 6.07) is 10.8. The molecule has 2 aliphatic rings. The Hall–Kier alpha value is -5.54. The Morgan fingerprint density at radius 2 is 1.07 bits per heavy atom. The van der Waals surface area contributed by atoms with Crippen LogP contribution in [0.4, 0.5) is 38.8 Å². The second kappa shape index (κ2) is 25.4. The Balaban J connectivity index is 0.000000254. The number of rotatable bonds is 10. The maximum Gasteiger partial charge on any atom is 0.410 e. The van der Waals surface area contributed by atoms with Crippen molar-refractivity contribution in [3.8, 4) is 0 Å². The number of pyridine rings is 2. The number of ether oxygens (including phenoxy) is 2. The zero-order valence-corrected chi connectivity index (χ0v) is 43.2. The average Bonchev–Trinajstić information content (AvgIpc) is 3.29. The highest BCUT2D eigenvalue weighted by atomic mass is 79.9. The Morgan fingerprint density at radius 1 is 0.652 bits per heavy atom. The van der Waals surface area contributed by atoms with Gasteiger partial charge in [0.05, 0.1) is 20.1 Å². The molecule has 0 spiro atoms. The van der Waals surface area contributed by atoms with E-state index >= 15 is 0 Å². The smallest absolute Gasteiger partial charge is 0.410 e. The van der Waals surface area contributed by atoms with Gasteiger partial charge in [-0.05, 0) is 134 Å². The molecule has 0 saturated carbocycles. The lowest BCUT2D eigenvalue weighted by atomic mass is 10.1. The number of aromatic nitrogens is 2. The van der Waals surface area contributed by atoms with Gasteiger partial charge in [0.2, 0.25) is 0 Å². The topological polar surface area (TPSA) is 161 Å². The first-order chi connectivity index (χ1) is 32.4. The van der Waals surface area contributed by atoms with Gasteiger partial charge in [-0.2, -0.15) is 0 Å². The molecule has 2 aromatic carbocycles. The van der Waals surface area contributed by atoms with Gasteiger partial charge in [0.1, 0.15) is 22.8 Å². The minimum absolute atomic E-state index is 0.132. The number of piperazine rings is 2. The Labute approximate surface area is 417 Å². The van der Waals surface area contributed by atoms with E-state index in [0.717, 1.165) is 30.3 Å². The number of carbonyl (C=O) groups is 4. The van der Waals surface area contributed by atoms with Crippen LogP contribution in [-0.4, -0.2) is 130 Å². The molecule has 4 aromatic rings. The quantitative estimate of drug-likeness (QED) is 0.145. The van der Waals surface area contributed by atoms with E-state index in [1.165, 1.54) is 35.5 Å². The minimum Gasteiger partial charge on any atom is -0.478 e. The average molecular weight is 1100 g/mol. The third kappa shape index (κ3) is 17.4. The highest BCUT2D eigenvalue weighted by molar-refractivity contribution is 9.11. The third-order valence-corrected chi connectivity index (χ3v) is 11.4. The molecule has 0 aliphatic carbocycles. The van der Waals surface area contributed by atoms with Crippen molar-refractivity contribution in [2.75, 3.05) is 75.2 Å². The van der Waals surface area contributed by atoms with Gasteiger partial charge in [-0.1, -0.05) is 19.1 Å².